The van der Waals surface area contributed by atoms with E-state index in [0.29, 0.717) is 24.3 Å². The molecule has 1 aromatic rings. The first kappa shape index (κ1) is 25.0. The van der Waals surface area contributed by atoms with Crippen molar-refractivity contribution in [1.82, 2.24) is 0 Å². The van der Waals surface area contributed by atoms with Crippen molar-refractivity contribution in [2.45, 2.75) is 98.0 Å². The number of para-hydroxylation sites is 2. The monoisotopic (exact) mass is 412 g/mol. The van der Waals surface area contributed by atoms with Gasteiger partial charge in [-0.05, 0) is 38.8 Å². The molecule has 0 spiro atoms. The maximum Gasteiger partial charge on any atom is 0.379 e. The van der Waals surface area contributed by atoms with Crippen LogP contribution < -0.4 is 9.26 Å². The molecule has 0 bridgehead atoms. The van der Waals surface area contributed by atoms with Crippen LogP contribution in [0.15, 0.2) is 24.3 Å². The van der Waals surface area contributed by atoms with Gasteiger partial charge in [0.2, 0.25) is 0 Å². The predicted octanol–water partition coefficient (Wildman–Crippen LogP) is 8.00. The molecule has 28 heavy (non-hydrogen) atoms. The van der Waals surface area contributed by atoms with E-state index in [9.17, 15) is 4.57 Å². The van der Waals surface area contributed by atoms with E-state index in [4.69, 9.17) is 13.8 Å². The molecule has 1 atom stereocenters. The Morgan fingerprint density at radius 1 is 0.821 bits per heavy atom. The molecular formula is C23H41O4P. The molecule has 0 aliphatic heterocycles. The van der Waals surface area contributed by atoms with Gasteiger partial charge in [-0.25, -0.2) is 4.57 Å². The second-order valence-electron chi connectivity index (χ2n) is 7.70. The van der Waals surface area contributed by atoms with Crippen molar-refractivity contribution in [2.75, 3.05) is 12.8 Å². The Labute approximate surface area is 172 Å². The first-order chi connectivity index (χ1) is 13.5. The zero-order valence-corrected chi connectivity index (χ0v) is 19.3. The third-order valence-electron chi connectivity index (χ3n) is 4.52. The minimum atomic E-state index is -3.18. The summed E-state index contributed by atoms with van der Waals surface area (Å²) in [5.74, 6) is 1.12. The lowest BCUT2D eigenvalue weighted by Crippen LogP contribution is -2.08. The highest BCUT2D eigenvalue weighted by atomic mass is 31.2. The Hall–Kier alpha value is -0.990. The fourth-order valence-corrected chi connectivity index (χ4v) is 4.79. The van der Waals surface area contributed by atoms with Gasteiger partial charge < -0.3 is 9.26 Å². The number of ether oxygens (including phenoxy) is 1. The predicted molar refractivity (Wildman–Crippen MR) is 119 cm³/mol. The molecule has 0 radical (unpaired) electrons. The van der Waals surface area contributed by atoms with E-state index >= 15 is 0 Å². The largest absolute Gasteiger partial charge is 0.487 e. The molecule has 0 aromatic heterocycles. The average Bonchev–Trinajstić information content (AvgIpc) is 2.66. The summed E-state index contributed by atoms with van der Waals surface area (Å²) in [6.07, 6.45) is 12.1. The molecule has 0 saturated carbocycles. The average molecular weight is 413 g/mol. The molecule has 0 aliphatic rings. The van der Waals surface area contributed by atoms with Gasteiger partial charge in [0.05, 0.1) is 18.9 Å². The van der Waals surface area contributed by atoms with Gasteiger partial charge in [-0.1, -0.05) is 77.3 Å². The Kier molecular flexibility index (Phi) is 13.4. The molecule has 162 valence electrons. The molecular weight excluding hydrogens is 371 g/mol. The molecule has 1 rings (SSSR count). The lowest BCUT2D eigenvalue weighted by atomic mass is 10.1. The SMILES string of the molecule is CCCCCCCCCCOP(=O)(CCCC)Oc1ccccc1OC(C)C. The lowest BCUT2D eigenvalue weighted by molar-refractivity contribution is 0.225. The van der Waals surface area contributed by atoms with E-state index in [-0.39, 0.29) is 6.10 Å². The molecule has 0 fully saturated rings. The van der Waals surface area contributed by atoms with Gasteiger partial charge in [0.25, 0.3) is 0 Å². The zero-order chi connectivity index (χ0) is 20.7. The van der Waals surface area contributed by atoms with Crippen molar-refractivity contribution in [3.8, 4) is 11.5 Å². The summed E-state index contributed by atoms with van der Waals surface area (Å²) < 4.78 is 30.8. The van der Waals surface area contributed by atoms with E-state index in [1.165, 1.54) is 38.5 Å². The first-order valence-corrected chi connectivity index (χ1v) is 12.9. The van der Waals surface area contributed by atoms with Crippen molar-refractivity contribution in [3.05, 3.63) is 24.3 Å². The van der Waals surface area contributed by atoms with Crippen LogP contribution in [0.25, 0.3) is 0 Å². The van der Waals surface area contributed by atoms with Crippen LogP contribution in [0.5, 0.6) is 11.5 Å². The molecule has 4 nitrogen and oxygen atoms in total. The van der Waals surface area contributed by atoms with Crippen molar-refractivity contribution in [3.63, 3.8) is 0 Å². The molecule has 0 heterocycles. The van der Waals surface area contributed by atoms with E-state index in [2.05, 4.69) is 13.8 Å². The van der Waals surface area contributed by atoms with Gasteiger partial charge in [0.1, 0.15) is 0 Å². The van der Waals surface area contributed by atoms with Crippen LogP contribution in [0.2, 0.25) is 0 Å². The summed E-state index contributed by atoms with van der Waals surface area (Å²) >= 11 is 0. The van der Waals surface area contributed by atoms with Gasteiger partial charge in [-0.2, -0.15) is 0 Å². The van der Waals surface area contributed by atoms with Gasteiger partial charge >= 0.3 is 7.60 Å². The molecule has 0 N–H and O–H groups in total. The standard InChI is InChI=1S/C23H41O4P/c1-5-7-9-10-11-12-13-16-19-25-28(24,20-8-6-2)27-23-18-15-14-17-22(23)26-21(3)4/h14-15,17-18,21H,5-13,16,19-20H2,1-4H3. The molecule has 1 unspecified atom stereocenters. The number of benzene rings is 1. The summed E-state index contributed by atoms with van der Waals surface area (Å²) in [5.41, 5.74) is 0. The van der Waals surface area contributed by atoms with Crippen LogP contribution >= 0.6 is 7.60 Å². The van der Waals surface area contributed by atoms with E-state index in [0.717, 1.165) is 25.7 Å². The maximum atomic E-state index is 13.3. The van der Waals surface area contributed by atoms with E-state index in [1.807, 2.05) is 32.0 Å². The molecule has 1 aromatic carbocycles. The highest BCUT2D eigenvalue weighted by Gasteiger charge is 2.27. The second-order valence-corrected chi connectivity index (χ2v) is 9.81. The summed E-state index contributed by atoms with van der Waals surface area (Å²) in [4.78, 5) is 0. The Balaban J connectivity index is 2.51. The lowest BCUT2D eigenvalue weighted by Gasteiger charge is -2.21. The van der Waals surface area contributed by atoms with Crippen LogP contribution in [0.1, 0.15) is 91.9 Å². The minimum Gasteiger partial charge on any atom is -0.487 e. The zero-order valence-electron chi connectivity index (χ0n) is 18.5. The van der Waals surface area contributed by atoms with Gasteiger partial charge in [0, 0.05) is 0 Å². The van der Waals surface area contributed by atoms with Crippen molar-refractivity contribution < 1.29 is 18.3 Å². The number of rotatable bonds is 17. The van der Waals surface area contributed by atoms with Gasteiger partial charge in [-0.3, -0.25) is 4.52 Å². The van der Waals surface area contributed by atoms with Crippen molar-refractivity contribution >= 4 is 7.60 Å². The first-order valence-electron chi connectivity index (χ1n) is 11.2. The molecule has 0 amide bonds. The van der Waals surface area contributed by atoms with E-state index < -0.39 is 7.60 Å². The molecule has 0 saturated heterocycles. The summed E-state index contributed by atoms with van der Waals surface area (Å²) in [7, 11) is -3.18. The fraction of sp³-hybridized carbons (Fsp3) is 0.739. The summed E-state index contributed by atoms with van der Waals surface area (Å²) in [5, 5.41) is 0. The van der Waals surface area contributed by atoms with Crippen molar-refractivity contribution in [2.24, 2.45) is 0 Å². The minimum absolute atomic E-state index is 0.0259. The van der Waals surface area contributed by atoms with Crippen LogP contribution in [-0.4, -0.2) is 18.9 Å². The summed E-state index contributed by atoms with van der Waals surface area (Å²) in [6.45, 7) is 8.74. The van der Waals surface area contributed by atoms with Crippen LogP contribution in [0.3, 0.4) is 0 Å². The fourth-order valence-electron chi connectivity index (χ4n) is 2.95. The Bertz CT molecular complexity index is 559. The van der Waals surface area contributed by atoms with Crippen LogP contribution in [-0.2, 0) is 9.09 Å². The highest BCUT2D eigenvalue weighted by Crippen LogP contribution is 2.51. The van der Waals surface area contributed by atoms with Crippen LogP contribution in [0.4, 0.5) is 0 Å². The number of unbranched alkanes of at least 4 members (excludes halogenated alkanes) is 8. The summed E-state index contributed by atoms with van der Waals surface area (Å²) in [6, 6.07) is 7.40. The van der Waals surface area contributed by atoms with Crippen LogP contribution in [0, 0.1) is 0 Å². The number of hydrogen-bond acceptors (Lipinski definition) is 4. The Morgan fingerprint density at radius 2 is 1.39 bits per heavy atom. The number of hydrogen-bond donors (Lipinski definition) is 0. The third-order valence-corrected chi connectivity index (χ3v) is 6.44. The third kappa shape index (κ3) is 11.1. The second kappa shape index (κ2) is 14.9. The normalized spacial score (nSPS) is 13.5. The maximum absolute atomic E-state index is 13.3. The van der Waals surface area contributed by atoms with Gasteiger partial charge in [-0.15, -0.1) is 0 Å². The quantitative estimate of drug-likeness (QED) is 0.192. The Morgan fingerprint density at radius 3 is 2.00 bits per heavy atom. The van der Waals surface area contributed by atoms with Crippen molar-refractivity contribution in [1.29, 1.82) is 0 Å². The van der Waals surface area contributed by atoms with Gasteiger partial charge in [0.15, 0.2) is 11.5 Å². The smallest absolute Gasteiger partial charge is 0.379 e. The molecule has 5 heteroatoms. The topological polar surface area (TPSA) is 44.8 Å². The van der Waals surface area contributed by atoms with E-state index in [1.54, 1.807) is 6.07 Å². The molecule has 0 aliphatic carbocycles. The highest BCUT2D eigenvalue weighted by molar-refractivity contribution is 7.54.